The normalized spacial score (nSPS) is 10.9. The number of rotatable bonds is 5. The molecule has 3 rings (SSSR count). The van der Waals surface area contributed by atoms with E-state index >= 15 is 0 Å². The van der Waals surface area contributed by atoms with E-state index < -0.39 is 0 Å². The first kappa shape index (κ1) is 15.7. The number of benzene rings is 2. The molecule has 0 bridgehead atoms. The number of H-pyrrole nitrogens is 1. The summed E-state index contributed by atoms with van der Waals surface area (Å²) in [6.07, 6.45) is 3.20. The van der Waals surface area contributed by atoms with Gasteiger partial charge in [-0.05, 0) is 24.6 Å². The summed E-state index contributed by atoms with van der Waals surface area (Å²) in [6, 6.07) is 19.1. The van der Waals surface area contributed by atoms with Crippen molar-refractivity contribution in [3.05, 3.63) is 93.9 Å². The Hall–Kier alpha value is -3.14. The number of hydrogen-bond donors (Lipinski definition) is 1. The Labute approximate surface area is 140 Å². The van der Waals surface area contributed by atoms with Crippen LogP contribution < -0.4 is 10.2 Å². The lowest BCUT2D eigenvalue weighted by atomic mass is 10.2. The van der Waals surface area contributed by atoms with Crippen molar-refractivity contribution in [1.29, 1.82) is 0 Å². The van der Waals surface area contributed by atoms with Gasteiger partial charge >= 0.3 is 0 Å². The maximum Gasteiger partial charge on any atom is 0.224 e. The smallest absolute Gasteiger partial charge is 0.224 e. The third kappa shape index (κ3) is 4.20. The number of aliphatic imine (C=N–C) groups is 1. The summed E-state index contributed by atoms with van der Waals surface area (Å²) in [5.41, 5.74) is 3.50. The van der Waals surface area contributed by atoms with Gasteiger partial charge in [-0.25, -0.2) is 0 Å². The van der Waals surface area contributed by atoms with Crippen LogP contribution in [0.25, 0.3) is 0 Å². The third-order valence-electron chi connectivity index (χ3n) is 3.52. The van der Waals surface area contributed by atoms with E-state index in [4.69, 9.17) is 4.74 Å². The molecule has 24 heavy (non-hydrogen) atoms. The van der Waals surface area contributed by atoms with Crippen molar-refractivity contribution < 1.29 is 4.74 Å². The number of ether oxygens (including phenoxy) is 1. The zero-order chi connectivity index (χ0) is 16.8. The van der Waals surface area contributed by atoms with Crippen molar-refractivity contribution in [2.75, 3.05) is 0 Å². The van der Waals surface area contributed by atoms with E-state index in [1.807, 2.05) is 61.5 Å². The van der Waals surface area contributed by atoms with Gasteiger partial charge in [-0.1, -0.05) is 48.0 Å². The molecule has 4 nitrogen and oxygen atoms in total. The van der Waals surface area contributed by atoms with E-state index in [9.17, 15) is 4.79 Å². The minimum absolute atomic E-state index is 0.171. The van der Waals surface area contributed by atoms with Gasteiger partial charge in [-0.2, -0.15) is 0 Å². The van der Waals surface area contributed by atoms with Crippen LogP contribution >= 0.6 is 0 Å². The first-order valence-corrected chi connectivity index (χ1v) is 7.71. The molecule has 0 saturated carbocycles. The van der Waals surface area contributed by atoms with E-state index in [1.54, 1.807) is 12.4 Å². The summed E-state index contributed by atoms with van der Waals surface area (Å²) in [5.74, 6) is 0.298. The zero-order valence-electron chi connectivity index (χ0n) is 13.4. The van der Waals surface area contributed by atoms with Crippen LogP contribution in [0.3, 0.4) is 0 Å². The molecule has 0 aliphatic rings. The molecule has 3 aromatic rings. The van der Waals surface area contributed by atoms with Crippen molar-refractivity contribution >= 4 is 11.9 Å². The van der Waals surface area contributed by atoms with Gasteiger partial charge in [-0.15, -0.1) is 0 Å². The van der Waals surface area contributed by atoms with Gasteiger partial charge in [0.15, 0.2) is 5.75 Å². The van der Waals surface area contributed by atoms with Crippen LogP contribution in [0.5, 0.6) is 5.75 Å². The maximum atomic E-state index is 12.1. The molecule has 0 atom stereocenters. The highest BCUT2D eigenvalue weighted by Gasteiger charge is 2.02. The summed E-state index contributed by atoms with van der Waals surface area (Å²) in [5, 5.41) is 0. The van der Waals surface area contributed by atoms with Gasteiger partial charge < -0.3 is 9.72 Å². The van der Waals surface area contributed by atoms with Crippen LogP contribution in [0.15, 0.2) is 76.6 Å². The fraction of sp³-hybridized carbons (Fsp3) is 0.100. The molecule has 0 aliphatic heterocycles. The van der Waals surface area contributed by atoms with E-state index in [0.717, 1.165) is 11.3 Å². The van der Waals surface area contributed by atoms with Crippen molar-refractivity contribution in [3.63, 3.8) is 0 Å². The summed E-state index contributed by atoms with van der Waals surface area (Å²) < 4.78 is 5.57. The third-order valence-corrected chi connectivity index (χ3v) is 3.52. The van der Waals surface area contributed by atoms with Crippen LogP contribution in [0.2, 0.25) is 0 Å². The van der Waals surface area contributed by atoms with Crippen LogP contribution in [-0.2, 0) is 6.61 Å². The number of nitrogens with zero attached hydrogens (tertiary/aromatic N) is 1. The molecule has 1 N–H and O–H groups in total. The van der Waals surface area contributed by atoms with Crippen molar-refractivity contribution in [1.82, 2.24) is 4.98 Å². The second-order valence-electron chi connectivity index (χ2n) is 5.48. The van der Waals surface area contributed by atoms with Gasteiger partial charge in [0.2, 0.25) is 5.43 Å². The van der Waals surface area contributed by atoms with Gasteiger partial charge in [0.05, 0.1) is 17.6 Å². The highest BCUT2D eigenvalue weighted by molar-refractivity contribution is 5.79. The summed E-state index contributed by atoms with van der Waals surface area (Å²) in [4.78, 5) is 19.5. The van der Waals surface area contributed by atoms with Crippen LogP contribution in [0.4, 0.5) is 5.69 Å². The average Bonchev–Trinajstić information content (AvgIpc) is 2.61. The molecule has 120 valence electrons. The molecule has 2 aromatic carbocycles. The number of pyridine rings is 1. The van der Waals surface area contributed by atoms with E-state index in [-0.39, 0.29) is 5.43 Å². The van der Waals surface area contributed by atoms with E-state index in [2.05, 4.69) is 9.98 Å². The summed E-state index contributed by atoms with van der Waals surface area (Å²) in [6.45, 7) is 2.39. The molecular formula is C20H18N2O2. The zero-order valence-corrected chi connectivity index (χ0v) is 13.4. The maximum absolute atomic E-state index is 12.1. The van der Waals surface area contributed by atoms with Gasteiger partial charge in [0.1, 0.15) is 6.61 Å². The minimum atomic E-state index is -0.171. The SMILES string of the molecule is Cc1ccc(N=Cc2cc(=O)c(OCc3ccccc3)c[nH]2)cc1. The molecule has 0 radical (unpaired) electrons. The van der Waals surface area contributed by atoms with Crippen molar-refractivity contribution in [3.8, 4) is 5.75 Å². The predicted molar refractivity (Wildman–Crippen MR) is 96.3 cm³/mol. The first-order chi connectivity index (χ1) is 11.7. The van der Waals surface area contributed by atoms with E-state index in [0.29, 0.717) is 18.1 Å². The Bertz CT molecular complexity index is 882. The molecule has 0 aliphatic carbocycles. The summed E-state index contributed by atoms with van der Waals surface area (Å²) >= 11 is 0. The number of aromatic amines is 1. The van der Waals surface area contributed by atoms with Crippen LogP contribution in [-0.4, -0.2) is 11.2 Å². The molecule has 1 aromatic heterocycles. The van der Waals surface area contributed by atoms with Gasteiger partial charge in [-0.3, -0.25) is 9.79 Å². The molecule has 0 amide bonds. The number of hydrogen-bond acceptors (Lipinski definition) is 3. The first-order valence-electron chi connectivity index (χ1n) is 7.71. The summed E-state index contributed by atoms with van der Waals surface area (Å²) in [7, 11) is 0. The molecule has 4 heteroatoms. The van der Waals surface area contributed by atoms with Crippen LogP contribution in [0.1, 0.15) is 16.8 Å². The minimum Gasteiger partial charge on any atom is -0.483 e. The number of nitrogens with one attached hydrogen (secondary N) is 1. The Kier molecular flexibility index (Phi) is 4.87. The molecule has 0 unspecified atom stereocenters. The Balaban J connectivity index is 1.68. The van der Waals surface area contributed by atoms with Gasteiger partial charge in [0, 0.05) is 12.3 Å². The highest BCUT2D eigenvalue weighted by atomic mass is 16.5. The Morgan fingerprint density at radius 3 is 2.54 bits per heavy atom. The Morgan fingerprint density at radius 2 is 1.83 bits per heavy atom. The van der Waals surface area contributed by atoms with Gasteiger partial charge in [0.25, 0.3) is 0 Å². The molecule has 0 spiro atoms. The average molecular weight is 318 g/mol. The van der Waals surface area contributed by atoms with Crippen LogP contribution in [0, 0.1) is 6.92 Å². The molecule has 1 heterocycles. The quantitative estimate of drug-likeness (QED) is 0.723. The highest BCUT2D eigenvalue weighted by Crippen LogP contribution is 2.12. The second kappa shape index (κ2) is 7.42. The van der Waals surface area contributed by atoms with Crippen molar-refractivity contribution in [2.45, 2.75) is 13.5 Å². The largest absolute Gasteiger partial charge is 0.483 e. The standard InChI is InChI=1S/C20H18N2O2/c1-15-7-9-17(10-8-15)21-12-18-11-19(23)20(13-22-18)24-14-16-5-3-2-4-6-16/h2-13H,14H2,1H3,(H,22,23). The van der Waals surface area contributed by atoms with Crippen molar-refractivity contribution in [2.24, 2.45) is 4.99 Å². The van der Waals surface area contributed by atoms with E-state index in [1.165, 1.54) is 11.6 Å². The lowest BCUT2D eigenvalue weighted by Crippen LogP contribution is -2.09. The predicted octanol–water partition coefficient (Wildman–Crippen LogP) is 4.01. The number of aryl methyl sites for hydroxylation is 1. The number of aromatic nitrogens is 1. The second-order valence-corrected chi connectivity index (χ2v) is 5.48. The monoisotopic (exact) mass is 318 g/mol. The molecule has 0 saturated heterocycles. The molecular weight excluding hydrogens is 300 g/mol. The Morgan fingerprint density at radius 1 is 1.08 bits per heavy atom. The topological polar surface area (TPSA) is 54.4 Å². The molecule has 0 fully saturated rings. The lowest BCUT2D eigenvalue weighted by Gasteiger charge is -2.05. The lowest BCUT2D eigenvalue weighted by molar-refractivity contribution is 0.302. The fourth-order valence-electron chi connectivity index (χ4n) is 2.17. The fourth-order valence-corrected chi connectivity index (χ4v) is 2.17.